The zero-order valence-corrected chi connectivity index (χ0v) is 20.5. The van der Waals surface area contributed by atoms with Crippen molar-refractivity contribution in [3.63, 3.8) is 0 Å². The number of hydrogen-bond donors (Lipinski definition) is 0. The summed E-state index contributed by atoms with van der Waals surface area (Å²) in [6, 6.07) is 0. The fourth-order valence-electron chi connectivity index (χ4n) is 7.53. The maximum atomic E-state index is 13.3. The van der Waals surface area contributed by atoms with Gasteiger partial charge in [-0.3, -0.25) is 9.59 Å². The topological polar surface area (TPSA) is 61.8 Å². The number of carbonyl (C=O) groups excluding carboxylic acids is 2. The van der Waals surface area contributed by atoms with Crippen LogP contribution in [0.3, 0.4) is 0 Å². The monoisotopic (exact) mass is 432 g/mol. The van der Waals surface area contributed by atoms with Crippen molar-refractivity contribution in [2.75, 3.05) is 14.2 Å². The lowest BCUT2D eigenvalue weighted by atomic mass is 9.43. The zero-order valence-electron chi connectivity index (χ0n) is 20.5. The average Bonchev–Trinajstić information content (AvgIpc) is 2.96. The number of esters is 1. The summed E-state index contributed by atoms with van der Waals surface area (Å²) < 4.78 is 16.3. The summed E-state index contributed by atoms with van der Waals surface area (Å²) in [6.07, 6.45) is 7.87. The molecule has 0 N–H and O–H groups in total. The molecule has 31 heavy (non-hydrogen) atoms. The maximum absolute atomic E-state index is 13.3. The van der Waals surface area contributed by atoms with Gasteiger partial charge in [0, 0.05) is 44.0 Å². The highest BCUT2D eigenvalue weighted by Crippen LogP contribution is 2.69. The Morgan fingerprint density at radius 3 is 2.26 bits per heavy atom. The molecular weight excluding hydrogens is 392 g/mol. The molecule has 5 heteroatoms. The number of Topliss-reactive ketones (excluding diaryl/α,β-unsaturated/α-hetero) is 1. The van der Waals surface area contributed by atoms with Gasteiger partial charge >= 0.3 is 5.97 Å². The third-order valence-corrected chi connectivity index (χ3v) is 8.90. The van der Waals surface area contributed by atoms with E-state index in [0.29, 0.717) is 18.3 Å². The van der Waals surface area contributed by atoms with Gasteiger partial charge in [0.05, 0.1) is 0 Å². The quantitative estimate of drug-likeness (QED) is 0.338. The van der Waals surface area contributed by atoms with Crippen molar-refractivity contribution < 1.29 is 23.8 Å². The van der Waals surface area contributed by atoms with E-state index in [1.54, 1.807) is 14.2 Å². The van der Waals surface area contributed by atoms with Crippen molar-refractivity contribution in [3.05, 3.63) is 23.3 Å². The molecule has 0 aromatic heterocycles. The summed E-state index contributed by atoms with van der Waals surface area (Å²) >= 11 is 0. The molecule has 3 fully saturated rings. The van der Waals surface area contributed by atoms with Crippen LogP contribution < -0.4 is 0 Å². The molecule has 0 amide bonds. The molecule has 0 spiro atoms. The molecule has 5 unspecified atom stereocenters. The molecule has 0 aromatic rings. The number of ketones is 1. The van der Waals surface area contributed by atoms with Crippen molar-refractivity contribution in [2.45, 2.75) is 86.0 Å². The van der Waals surface area contributed by atoms with Crippen LogP contribution in [0.5, 0.6) is 0 Å². The second kappa shape index (κ2) is 8.47. The highest BCUT2D eigenvalue weighted by molar-refractivity contribution is 6.00. The molecule has 3 saturated carbocycles. The van der Waals surface area contributed by atoms with Crippen LogP contribution in [0.15, 0.2) is 23.3 Å². The zero-order chi connectivity index (χ0) is 23.2. The molecule has 3 aliphatic carbocycles. The van der Waals surface area contributed by atoms with Gasteiger partial charge < -0.3 is 14.2 Å². The number of fused-ring (bicyclic) bond motifs is 3. The van der Waals surface area contributed by atoms with E-state index in [1.807, 2.05) is 19.1 Å². The molecule has 5 atom stereocenters. The third kappa shape index (κ3) is 3.93. The minimum Gasteiger partial charge on any atom is -0.462 e. The Kier molecular flexibility index (Phi) is 6.61. The fourth-order valence-corrected chi connectivity index (χ4v) is 7.53. The van der Waals surface area contributed by atoms with Gasteiger partial charge in [-0.25, -0.2) is 0 Å². The Labute approximate surface area is 187 Å². The molecule has 3 aliphatic rings. The van der Waals surface area contributed by atoms with E-state index in [-0.39, 0.29) is 34.1 Å². The van der Waals surface area contributed by atoms with E-state index in [0.717, 1.165) is 36.8 Å². The Balaban J connectivity index is 1.96. The second-order valence-corrected chi connectivity index (χ2v) is 10.9. The summed E-state index contributed by atoms with van der Waals surface area (Å²) in [5, 5.41) is 0. The predicted octanol–water partition coefficient (Wildman–Crippen LogP) is 5.24. The molecular formula is C26H40O5. The number of carbonyl (C=O) groups is 2. The summed E-state index contributed by atoms with van der Waals surface area (Å²) in [7, 11) is 3.21. The molecule has 0 saturated heterocycles. The smallest absolute Gasteiger partial charge is 0.302 e. The molecule has 0 bridgehead atoms. The van der Waals surface area contributed by atoms with Gasteiger partial charge in [-0.1, -0.05) is 33.8 Å². The number of allylic oxidation sites excluding steroid dienone is 3. The lowest BCUT2D eigenvalue weighted by Crippen LogP contribution is -2.58. The van der Waals surface area contributed by atoms with Gasteiger partial charge in [0.1, 0.15) is 6.10 Å². The fraction of sp³-hybridized carbons (Fsp3) is 0.769. The van der Waals surface area contributed by atoms with Gasteiger partial charge in [0.2, 0.25) is 0 Å². The lowest BCUT2D eigenvalue weighted by molar-refractivity contribution is -0.185. The number of ether oxygens (including phenoxy) is 3. The van der Waals surface area contributed by atoms with E-state index in [2.05, 4.69) is 27.7 Å². The van der Waals surface area contributed by atoms with E-state index in [1.165, 1.54) is 6.92 Å². The van der Waals surface area contributed by atoms with E-state index < -0.39 is 6.29 Å². The van der Waals surface area contributed by atoms with Crippen LogP contribution in [0, 0.1) is 28.1 Å². The largest absolute Gasteiger partial charge is 0.462 e. The molecule has 174 valence electrons. The summed E-state index contributed by atoms with van der Waals surface area (Å²) in [5.41, 5.74) is 1.82. The molecule has 0 heterocycles. The van der Waals surface area contributed by atoms with Crippen LogP contribution >= 0.6 is 0 Å². The minimum absolute atomic E-state index is 0.0516. The van der Waals surface area contributed by atoms with Crippen molar-refractivity contribution in [1.82, 2.24) is 0 Å². The van der Waals surface area contributed by atoms with Crippen LogP contribution in [-0.2, 0) is 23.8 Å². The van der Waals surface area contributed by atoms with Gasteiger partial charge in [-0.05, 0) is 61.5 Å². The summed E-state index contributed by atoms with van der Waals surface area (Å²) in [6.45, 7) is 12.7. The van der Waals surface area contributed by atoms with Crippen LogP contribution in [0.4, 0.5) is 0 Å². The van der Waals surface area contributed by atoms with Crippen LogP contribution in [0.1, 0.15) is 73.6 Å². The van der Waals surface area contributed by atoms with Gasteiger partial charge in [-0.15, -0.1) is 0 Å². The first-order valence-corrected chi connectivity index (χ1v) is 11.6. The molecule has 5 nitrogen and oxygen atoms in total. The normalized spacial score (nSPS) is 38.9. The van der Waals surface area contributed by atoms with Gasteiger partial charge in [0.25, 0.3) is 0 Å². The Morgan fingerprint density at radius 1 is 1.03 bits per heavy atom. The first-order valence-electron chi connectivity index (χ1n) is 11.6. The second-order valence-electron chi connectivity index (χ2n) is 10.9. The van der Waals surface area contributed by atoms with Crippen LogP contribution in [-0.4, -0.2) is 38.4 Å². The number of rotatable bonds is 5. The van der Waals surface area contributed by atoms with Gasteiger partial charge in [-0.2, -0.15) is 0 Å². The molecule has 0 aromatic carbocycles. The van der Waals surface area contributed by atoms with E-state index in [4.69, 9.17) is 14.2 Å². The summed E-state index contributed by atoms with van der Waals surface area (Å²) in [5.74, 6) is 0.813. The standard InChI is InChI=1S/C26H40O5/c1-16(9-10-22(29-7)30-8)23-18(28)15-20-25(5)14-12-21(31-17(2)27)24(3,4)19(25)11-13-26(20,23)6/h9-10,19-22H,11-15H2,1-8H3. The van der Waals surface area contributed by atoms with Crippen LogP contribution in [0.25, 0.3) is 0 Å². The van der Waals surface area contributed by atoms with Crippen LogP contribution in [0.2, 0.25) is 0 Å². The SMILES string of the molecule is COC(C=CC(C)=C1C(=O)CC2C1(C)CCC1C(C)(C)C(OC(C)=O)CCC21C)OC. The lowest BCUT2D eigenvalue weighted by Gasteiger charge is -2.62. The van der Waals surface area contributed by atoms with Gasteiger partial charge in [0.15, 0.2) is 12.1 Å². The molecule has 0 radical (unpaired) electrons. The highest BCUT2D eigenvalue weighted by atomic mass is 16.7. The van der Waals surface area contributed by atoms with E-state index in [9.17, 15) is 9.59 Å². The van der Waals surface area contributed by atoms with Crippen molar-refractivity contribution in [3.8, 4) is 0 Å². The first kappa shape index (κ1) is 24.2. The Morgan fingerprint density at radius 2 is 1.68 bits per heavy atom. The molecule has 3 rings (SSSR count). The Hall–Kier alpha value is -1.46. The van der Waals surface area contributed by atoms with Crippen molar-refractivity contribution in [2.24, 2.45) is 28.1 Å². The predicted molar refractivity (Wildman–Crippen MR) is 120 cm³/mol. The van der Waals surface area contributed by atoms with Crippen molar-refractivity contribution >= 4 is 11.8 Å². The Bertz CT molecular complexity index is 790. The third-order valence-electron chi connectivity index (χ3n) is 8.90. The van der Waals surface area contributed by atoms with E-state index >= 15 is 0 Å². The maximum Gasteiger partial charge on any atom is 0.302 e. The van der Waals surface area contributed by atoms with Crippen molar-refractivity contribution in [1.29, 1.82) is 0 Å². The number of hydrogen-bond acceptors (Lipinski definition) is 5. The molecule has 0 aliphatic heterocycles. The average molecular weight is 433 g/mol. The minimum atomic E-state index is -0.415. The highest BCUT2D eigenvalue weighted by Gasteiger charge is 2.65. The first-order chi connectivity index (χ1) is 14.4. The summed E-state index contributed by atoms with van der Waals surface area (Å²) in [4.78, 5) is 25.0. The number of methoxy groups -OCH3 is 2.